The standard InChI is InChI=1S/C13H13IN2O2S/c1-8-12(19-7-15-8)6-16(2)13(18)9-3-4-10(14)11(17)5-9/h3-5,7,17H,6H2,1-2H3. The molecule has 2 aromatic rings. The highest BCUT2D eigenvalue weighted by Crippen LogP contribution is 2.22. The first-order chi connectivity index (χ1) is 8.99. The number of carbonyl (C=O) groups is 1. The normalized spacial score (nSPS) is 10.5. The van der Waals surface area contributed by atoms with E-state index in [0.717, 1.165) is 14.1 Å². The van der Waals surface area contributed by atoms with Crippen LogP contribution in [0, 0.1) is 10.5 Å². The van der Waals surface area contributed by atoms with E-state index in [-0.39, 0.29) is 11.7 Å². The Labute approximate surface area is 129 Å². The van der Waals surface area contributed by atoms with Crippen LogP contribution in [0.25, 0.3) is 0 Å². The molecule has 1 aromatic heterocycles. The number of amides is 1. The predicted molar refractivity (Wildman–Crippen MR) is 83.5 cm³/mol. The first-order valence-corrected chi connectivity index (χ1v) is 7.58. The summed E-state index contributed by atoms with van der Waals surface area (Å²) in [6.07, 6.45) is 0. The molecule has 1 heterocycles. The van der Waals surface area contributed by atoms with Crippen LogP contribution in [0.1, 0.15) is 20.9 Å². The maximum atomic E-state index is 12.2. The van der Waals surface area contributed by atoms with Crippen LogP contribution in [-0.4, -0.2) is 27.9 Å². The van der Waals surface area contributed by atoms with Crippen molar-refractivity contribution in [2.24, 2.45) is 0 Å². The highest BCUT2D eigenvalue weighted by Gasteiger charge is 2.15. The van der Waals surface area contributed by atoms with Gasteiger partial charge in [0.2, 0.25) is 0 Å². The molecular weight excluding hydrogens is 375 g/mol. The van der Waals surface area contributed by atoms with E-state index in [1.54, 1.807) is 40.9 Å². The van der Waals surface area contributed by atoms with Gasteiger partial charge in [0.15, 0.2) is 0 Å². The number of aromatic hydroxyl groups is 1. The summed E-state index contributed by atoms with van der Waals surface area (Å²) in [6, 6.07) is 4.95. The van der Waals surface area contributed by atoms with Crippen molar-refractivity contribution >= 4 is 39.8 Å². The van der Waals surface area contributed by atoms with E-state index in [1.807, 2.05) is 29.5 Å². The Hall–Kier alpha value is -1.15. The number of hydrogen-bond donors (Lipinski definition) is 1. The number of rotatable bonds is 3. The van der Waals surface area contributed by atoms with Gasteiger partial charge in [-0.05, 0) is 47.7 Å². The van der Waals surface area contributed by atoms with Gasteiger partial charge in [-0.3, -0.25) is 4.79 Å². The fraction of sp³-hybridized carbons (Fsp3) is 0.231. The number of thiazole rings is 1. The van der Waals surface area contributed by atoms with E-state index >= 15 is 0 Å². The van der Waals surface area contributed by atoms with Gasteiger partial charge in [0.1, 0.15) is 5.75 Å². The van der Waals surface area contributed by atoms with Crippen LogP contribution in [0.3, 0.4) is 0 Å². The highest BCUT2D eigenvalue weighted by atomic mass is 127. The molecule has 4 nitrogen and oxygen atoms in total. The van der Waals surface area contributed by atoms with Crippen molar-refractivity contribution in [2.75, 3.05) is 7.05 Å². The lowest BCUT2D eigenvalue weighted by Gasteiger charge is -2.16. The lowest BCUT2D eigenvalue weighted by Crippen LogP contribution is -2.26. The number of benzene rings is 1. The second-order valence-electron chi connectivity index (χ2n) is 4.19. The van der Waals surface area contributed by atoms with Crippen molar-refractivity contribution in [2.45, 2.75) is 13.5 Å². The number of aromatic nitrogens is 1. The number of aryl methyl sites for hydroxylation is 1. The Morgan fingerprint density at radius 3 is 2.84 bits per heavy atom. The molecule has 0 spiro atoms. The number of hydrogen-bond acceptors (Lipinski definition) is 4. The molecule has 100 valence electrons. The van der Waals surface area contributed by atoms with E-state index in [2.05, 4.69) is 4.98 Å². The van der Waals surface area contributed by atoms with E-state index in [9.17, 15) is 9.90 Å². The Morgan fingerprint density at radius 1 is 1.53 bits per heavy atom. The van der Waals surface area contributed by atoms with Crippen LogP contribution < -0.4 is 0 Å². The second kappa shape index (κ2) is 5.87. The molecule has 2 rings (SSSR count). The average molecular weight is 388 g/mol. The van der Waals surface area contributed by atoms with E-state index in [4.69, 9.17) is 0 Å². The summed E-state index contributed by atoms with van der Waals surface area (Å²) in [4.78, 5) is 19.1. The van der Waals surface area contributed by atoms with Crippen LogP contribution >= 0.6 is 33.9 Å². The van der Waals surface area contributed by atoms with Crippen molar-refractivity contribution in [1.82, 2.24) is 9.88 Å². The molecular formula is C13H13IN2O2S. The third kappa shape index (κ3) is 3.24. The molecule has 0 unspecified atom stereocenters. The van der Waals surface area contributed by atoms with Crippen LogP contribution in [-0.2, 0) is 6.54 Å². The molecule has 0 saturated carbocycles. The fourth-order valence-electron chi connectivity index (χ4n) is 1.63. The number of nitrogens with zero attached hydrogens (tertiary/aromatic N) is 2. The van der Waals surface area contributed by atoms with Crippen LogP contribution in [0.4, 0.5) is 0 Å². The summed E-state index contributed by atoms with van der Waals surface area (Å²) in [7, 11) is 1.75. The number of carbonyl (C=O) groups excluding carboxylic acids is 1. The Kier molecular flexibility index (Phi) is 4.41. The van der Waals surface area contributed by atoms with Gasteiger partial charge in [0, 0.05) is 17.5 Å². The van der Waals surface area contributed by atoms with Crippen molar-refractivity contribution in [1.29, 1.82) is 0 Å². The highest BCUT2D eigenvalue weighted by molar-refractivity contribution is 14.1. The van der Waals surface area contributed by atoms with Gasteiger partial charge < -0.3 is 10.0 Å². The van der Waals surface area contributed by atoms with Gasteiger partial charge in [0.05, 0.1) is 21.3 Å². The largest absolute Gasteiger partial charge is 0.507 e. The minimum atomic E-state index is -0.112. The number of phenolic OH excluding ortho intramolecular Hbond substituents is 1. The van der Waals surface area contributed by atoms with Crippen molar-refractivity contribution in [3.05, 3.63) is 43.4 Å². The summed E-state index contributed by atoms with van der Waals surface area (Å²) in [6.45, 7) is 2.46. The van der Waals surface area contributed by atoms with Gasteiger partial charge in [-0.1, -0.05) is 0 Å². The molecule has 0 fully saturated rings. The molecule has 0 atom stereocenters. The first kappa shape index (κ1) is 14.3. The van der Waals surface area contributed by atoms with E-state index in [1.165, 1.54) is 6.07 Å². The van der Waals surface area contributed by atoms with Gasteiger partial charge in [-0.15, -0.1) is 11.3 Å². The Balaban J connectivity index is 2.15. The third-order valence-electron chi connectivity index (χ3n) is 2.77. The molecule has 0 aliphatic carbocycles. The third-order valence-corrected chi connectivity index (χ3v) is 4.60. The molecule has 0 bridgehead atoms. The first-order valence-electron chi connectivity index (χ1n) is 5.62. The smallest absolute Gasteiger partial charge is 0.254 e. The maximum Gasteiger partial charge on any atom is 0.254 e. The Morgan fingerprint density at radius 2 is 2.26 bits per heavy atom. The van der Waals surface area contributed by atoms with Crippen LogP contribution in [0.5, 0.6) is 5.75 Å². The quantitative estimate of drug-likeness (QED) is 0.823. The van der Waals surface area contributed by atoms with Crippen molar-refractivity contribution in [3.8, 4) is 5.75 Å². The zero-order valence-corrected chi connectivity index (χ0v) is 13.5. The molecule has 0 radical (unpaired) electrons. The summed E-state index contributed by atoms with van der Waals surface area (Å²) in [5.41, 5.74) is 3.22. The number of halogens is 1. The average Bonchev–Trinajstić information content (AvgIpc) is 2.77. The minimum absolute atomic E-state index is 0.112. The van der Waals surface area contributed by atoms with E-state index in [0.29, 0.717) is 12.1 Å². The second-order valence-corrected chi connectivity index (χ2v) is 6.29. The predicted octanol–water partition coefficient (Wildman–Crippen LogP) is 3.03. The van der Waals surface area contributed by atoms with Gasteiger partial charge in [0.25, 0.3) is 5.91 Å². The molecule has 1 aromatic carbocycles. The molecule has 0 saturated heterocycles. The van der Waals surface area contributed by atoms with Crippen molar-refractivity contribution in [3.63, 3.8) is 0 Å². The summed E-state index contributed by atoms with van der Waals surface area (Å²) in [5.74, 6) is 0.0216. The van der Waals surface area contributed by atoms with Gasteiger partial charge >= 0.3 is 0 Å². The number of phenols is 1. The summed E-state index contributed by atoms with van der Waals surface area (Å²) < 4.78 is 0.732. The van der Waals surface area contributed by atoms with Gasteiger partial charge in [-0.2, -0.15) is 0 Å². The zero-order chi connectivity index (χ0) is 14.0. The van der Waals surface area contributed by atoms with Gasteiger partial charge in [-0.25, -0.2) is 4.98 Å². The Bertz CT molecular complexity index is 612. The molecule has 0 aliphatic rings. The molecule has 6 heteroatoms. The SMILES string of the molecule is Cc1ncsc1CN(C)C(=O)c1ccc(I)c(O)c1. The molecule has 1 amide bonds. The summed E-state index contributed by atoms with van der Waals surface area (Å²) in [5, 5.41) is 9.65. The van der Waals surface area contributed by atoms with Crippen molar-refractivity contribution < 1.29 is 9.90 Å². The van der Waals surface area contributed by atoms with Crippen LogP contribution in [0.15, 0.2) is 23.7 Å². The fourth-order valence-corrected chi connectivity index (χ4v) is 2.80. The van der Waals surface area contributed by atoms with E-state index < -0.39 is 0 Å². The summed E-state index contributed by atoms with van der Waals surface area (Å²) >= 11 is 3.56. The monoisotopic (exact) mass is 388 g/mol. The molecule has 19 heavy (non-hydrogen) atoms. The molecule has 0 aliphatic heterocycles. The lowest BCUT2D eigenvalue weighted by atomic mass is 10.2. The maximum absolute atomic E-state index is 12.2. The lowest BCUT2D eigenvalue weighted by molar-refractivity contribution is 0.0786. The zero-order valence-electron chi connectivity index (χ0n) is 10.6. The minimum Gasteiger partial charge on any atom is -0.507 e. The van der Waals surface area contributed by atoms with Crippen LogP contribution in [0.2, 0.25) is 0 Å². The molecule has 1 N–H and O–H groups in total. The topological polar surface area (TPSA) is 53.4 Å².